The summed E-state index contributed by atoms with van der Waals surface area (Å²) in [7, 11) is -0.501. The van der Waals surface area contributed by atoms with Gasteiger partial charge in [0.25, 0.3) is 0 Å². The second kappa shape index (κ2) is 6.02. The number of rotatable bonds is 3. The first-order valence-corrected chi connectivity index (χ1v) is 10.6. The van der Waals surface area contributed by atoms with Crippen LogP contribution in [0, 0.1) is 22.7 Å². The van der Waals surface area contributed by atoms with E-state index in [1.807, 2.05) is 12.1 Å². The van der Waals surface area contributed by atoms with Crippen LogP contribution in [0.2, 0.25) is 0 Å². The van der Waals surface area contributed by atoms with Crippen molar-refractivity contribution in [3.63, 3.8) is 0 Å². The Morgan fingerprint density at radius 3 is 1.88 bits per heavy atom. The molecule has 0 N–H and O–H groups in total. The Labute approximate surface area is 154 Å². The van der Waals surface area contributed by atoms with Gasteiger partial charge in [-0.05, 0) is 67.7 Å². The lowest BCUT2D eigenvalue weighted by Gasteiger charge is -2.62. The third-order valence-electron chi connectivity index (χ3n) is 6.86. The topological polar surface area (TPSA) is 17.1 Å². The molecule has 3 aliphatic carbocycles. The molecule has 2 bridgehead atoms. The highest BCUT2D eigenvalue weighted by Gasteiger charge is 2.65. The monoisotopic (exact) mass is 351 g/mol. The molecule has 25 heavy (non-hydrogen) atoms. The van der Waals surface area contributed by atoms with Crippen molar-refractivity contribution in [2.75, 3.05) is 0 Å². The van der Waals surface area contributed by atoms with Gasteiger partial charge in [0.05, 0.1) is 5.41 Å². The van der Waals surface area contributed by atoms with Gasteiger partial charge in [0.1, 0.15) is 10.9 Å². The molecule has 5 rings (SSSR count). The van der Waals surface area contributed by atoms with Crippen molar-refractivity contribution >= 4 is 16.0 Å². The van der Waals surface area contributed by atoms with E-state index in [2.05, 4.69) is 69.3 Å². The summed E-state index contributed by atoms with van der Waals surface area (Å²) in [4.78, 5) is 16.3. The van der Waals surface area contributed by atoms with Crippen molar-refractivity contribution in [1.82, 2.24) is 0 Å². The van der Waals surface area contributed by atoms with Crippen molar-refractivity contribution in [2.45, 2.75) is 49.8 Å². The van der Waals surface area contributed by atoms with Gasteiger partial charge < -0.3 is 0 Å². The minimum Gasteiger partial charge on any atom is -0.236 e. The molecule has 0 spiro atoms. The van der Waals surface area contributed by atoms with Gasteiger partial charge in [0.2, 0.25) is 0 Å². The molecule has 130 valence electrons. The standard InChI is InChI=1S/C23H27OS/c1-22(2)17-14-15-23(3,20(22)16-17)21(24)25(18-10-6-4-7-11-18)19-12-8-5-9-13-19/h4-13,17,20H,14-16H2,1-3H3/q+1. The normalized spacial score (nSPS) is 29.9. The quantitative estimate of drug-likeness (QED) is 0.647. The predicted octanol–water partition coefficient (Wildman–Crippen LogP) is 5.71. The SMILES string of the molecule is CC1(C(=O)[S+](c2ccccc2)c2ccccc2)CCC2CC1C2(C)C. The van der Waals surface area contributed by atoms with Gasteiger partial charge >= 0.3 is 5.12 Å². The van der Waals surface area contributed by atoms with Crippen molar-refractivity contribution in [2.24, 2.45) is 22.7 Å². The fraction of sp³-hybridized carbons (Fsp3) is 0.435. The minimum atomic E-state index is -0.501. The number of carbonyl (C=O) groups excluding carboxylic acids is 1. The smallest absolute Gasteiger partial charge is 0.236 e. The van der Waals surface area contributed by atoms with E-state index in [-0.39, 0.29) is 5.41 Å². The molecule has 0 aliphatic heterocycles. The van der Waals surface area contributed by atoms with E-state index < -0.39 is 10.9 Å². The largest absolute Gasteiger partial charge is 0.348 e. The van der Waals surface area contributed by atoms with Crippen LogP contribution in [0.15, 0.2) is 70.5 Å². The van der Waals surface area contributed by atoms with E-state index >= 15 is 0 Å². The first kappa shape index (κ1) is 16.9. The van der Waals surface area contributed by atoms with Crippen LogP contribution < -0.4 is 0 Å². The molecule has 1 nitrogen and oxygen atoms in total. The molecule has 3 unspecified atom stereocenters. The van der Waals surface area contributed by atoms with E-state index in [1.165, 1.54) is 12.8 Å². The van der Waals surface area contributed by atoms with Gasteiger partial charge in [0, 0.05) is 0 Å². The zero-order valence-corrected chi connectivity index (χ0v) is 16.2. The summed E-state index contributed by atoms with van der Waals surface area (Å²) in [5.41, 5.74) is 0.109. The molecule has 0 heterocycles. The highest BCUT2D eigenvalue weighted by molar-refractivity contribution is 8.11. The van der Waals surface area contributed by atoms with Crippen molar-refractivity contribution in [3.8, 4) is 0 Å². The summed E-state index contributed by atoms with van der Waals surface area (Å²) in [6.45, 7) is 7.00. The maximum absolute atomic E-state index is 14.0. The Kier molecular flexibility index (Phi) is 4.07. The van der Waals surface area contributed by atoms with Crippen LogP contribution in [0.5, 0.6) is 0 Å². The summed E-state index contributed by atoms with van der Waals surface area (Å²) in [5, 5.41) is 0.445. The lowest BCUT2D eigenvalue weighted by Crippen LogP contribution is -2.60. The van der Waals surface area contributed by atoms with Crippen LogP contribution in [0.1, 0.15) is 40.0 Å². The number of fused-ring (bicyclic) bond motifs is 2. The van der Waals surface area contributed by atoms with E-state index in [0.29, 0.717) is 16.4 Å². The molecule has 0 radical (unpaired) electrons. The minimum absolute atomic E-state index is 0.201. The second-order valence-electron chi connectivity index (χ2n) is 8.48. The Morgan fingerprint density at radius 1 is 0.920 bits per heavy atom. The molecular weight excluding hydrogens is 324 g/mol. The van der Waals surface area contributed by atoms with E-state index in [4.69, 9.17) is 0 Å². The summed E-state index contributed by atoms with van der Waals surface area (Å²) in [5.74, 6) is 1.34. The van der Waals surface area contributed by atoms with E-state index in [1.54, 1.807) is 0 Å². The highest BCUT2D eigenvalue weighted by Crippen LogP contribution is 2.66. The Bertz CT molecular complexity index is 726. The summed E-state index contributed by atoms with van der Waals surface area (Å²) < 4.78 is 0. The van der Waals surface area contributed by atoms with Crippen LogP contribution in [0.4, 0.5) is 0 Å². The van der Waals surface area contributed by atoms with E-state index in [9.17, 15) is 4.79 Å². The fourth-order valence-corrected chi connectivity index (χ4v) is 7.45. The Morgan fingerprint density at radius 2 is 1.44 bits per heavy atom. The number of benzene rings is 2. The van der Waals surface area contributed by atoms with Crippen molar-refractivity contribution < 1.29 is 4.79 Å². The van der Waals surface area contributed by atoms with Crippen molar-refractivity contribution in [3.05, 3.63) is 60.7 Å². The molecule has 2 heteroatoms. The van der Waals surface area contributed by atoms with Gasteiger partial charge in [-0.1, -0.05) is 50.2 Å². The molecule has 0 saturated heterocycles. The predicted molar refractivity (Wildman–Crippen MR) is 105 cm³/mol. The lowest BCUT2D eigenvalue weighted by molar-refractivity contribution is -0.162. The van der Waals surface area contributed by atoms with Crippen LogP contribution in [0.25, 0.3) is 0 Å². The molecule has 0 aromatic heterocycles. The molecule has 2 aromatic carbocycles. The number of carbonyl (C=O) groups is 1. The average Bonchev–Trinajstić information content (AvgIpc) is 2.63. The number of hydrogen-bond acceptors (Lipinski definition) is 1. The molecule has 2 aromatic rings. The first-order valence-electron chi connectivity index (χ1n) is 9.33. The van der Waals surface area contributed by atoms with Gasteiger partial charge in [-0.3, -0.25) is 0 Å². The van der Waals surface area contributed by atoms with Crippen LogP contribution >= 0.6 is 0 Å². The first-order chi connectivity index (χ1) is 11.9. The number of hydrogen-bond donors (Lipinski definition) is 0. The fourth-order valence-electron chi connectivity index (χ4n) is 5.18. The zero-order chi connectivity index (χ0) is 17.7. The average molecular weight is 352 g/mol. The molecule has 3 fully saturated rings. The second-order valence-corrected chi connectivity index (χ2v) is 10.4. The van der Waals surface area contributed by atoms with Gasteiger partial charge in [0.15, 0.2) is 9.79 Å². The van der Waals surface area contributed by atoms with Crippen LogP contribution in [-0.2, 0) is 15.7 Å². The third kappa shape index (κ3) is 2.57. The van der Waals surface area contributed by atoms with Gasteiger partial charge in [-0.2, -0.15) is 0 Å². The van der Waals surface area contributed by atoms with Crippen LogP contribution in [0.3, 0.4) is 0 Å². The van der Waals surface area contributed by atoms with Gasteiger partial charge in [-0.15, -0.1) is 0 Å². The molecular formula is C23H27OS+. The zero-order valence-electron chi connectivity index (χ0n) is 15.4. The Hall–Kier alpha value is -1.54. The molecule has 0 amide bonds. The maximum atomic E-state index is 14.0. The molecule has 3 aliphatic rings. The maximum Gasteiger partial charge on any atom is 0.348 e. The van der Waals surface area contributed by atoms with Gasteiger partial charge in [-0.25, -0.2) is 4.79 Å². The summed E-state index contributed by atoms with van der Waals surface area (Å²) in [6.07, 6.45) is 3.48. The highest BCUT2D eigenvalue weighted by atomic mass is 32.2. The Balaban J connectivity index is 1.76. The summed E-state index contributed by atoms with van der Waals surface area (Å²) in [6, 6.07) is 20.8. The van der Waals surface area contributed by atoms with Crippen LogP contribution in [-0.4, -0.2) is 5.12 Å². The van der Waals surface area contributed by atoms with E-state index in [0.717, 1.165) is 22.1 Å². The molecule has 3 saturated carbocycles. The third-order valence-corrected chi connectivity index (χ3v) is 9.19. The van der Waals surface area contributed by atoms with Crippen molar-refractivity contribution in [1.29, 1.82) is 0 Å². The summed E-state index contributed by atoms with van der Waals surface area (Å²) >= 11 is 0. The lowest BCUT2D eigenvalue weighted by atomic mass is 9.41. The molecule has 3 atom stereocenters.